The molecule has 2 aromatic carbocycles. The average Bonchev–Trinajstić information content (AvgIpc) is 3.16. The summed E-state index contributed by atoms with van der Waals surface area (Å²) in [6, 6.07) is 22.7. The van der Waals surface area contributed by atoms with Crippen molar-refractivity contribution in [2.24, 2.45) is 0 Å². The molecule has 4 nitrogen and oxygen atoms in total. The van der Waals surface area contributed by atoms with Crippen LogP contribution in [0.2, 0.25) is 0 Å². The lowest BCUT2D eigenvalue weighted by Gasteiger charge is -2.08. The smallest absolute Gasteiger partial charge is 0.266 e. The van der Waals surface area contributed by atoms with E-state index in [4.69, 9.17) is 4.42 Å². The quantitative estimate of drug-likeness (QED) is 0.521. The molecule has 0 aliphatic rings. The van der Waals surface area contributed by atoms with Crippen molar-refractivity contribution in [2.45, 2.75) is 13.3 Å². The number of nitrogens with one attached hydrogen (secondary N) is 1. The number of hydrogen-bond acceptors (Lipinski definition) is 3. The van der Waals surface area contributed by atoms with Gasteiger partial charge in [0.2, 0.25) is 0 Å². The van der Waals surface area contributed by atoms with Crippen LogP contribution in [0.3, 0.4) is 0 Å². The number of hydrogen-bond donors (Lipinski definition) is 1. The fourth-order valence-corrected chi connectivity index (χ4v) is 2.62. The summed E-state index contributed by atoms with van der Waals surface area (Å²) in [6.45, 7) is 2.01. The van der Waals surface area contributed by atoms with Crippen molar-refractivity contribution >= 4 is 17.7 Å². The maximum absolute atomic E-state index is 12.4. The van der Waals surface area contributed by atoms with Gasteiger partial charge in [0.15, 0.2) is 0 Å². The predicted molar refractivity (Wildman–Crippen MR) is 102 cm³/mol. The molecule has 0 saturated heterocycles. The van der Waals surface area contributed by atoms with Crippen molar-refractivity contribution in [3.8, 4) is 17.4 Å². The third kappa shape index (κ3) is 3.90. The van der Waals surface area contributed by atoms with E-state index in [0.717, 1.165) is 17.5 Å². The highest BCUT2D eigenvalue weighted by atomic mass is 16.3. The molecule has 0 aliphatic heterocycles. The Balaban J connectivity index is 1.81. The fourth-order valence-electron chi connectivity index (χ4n) is 2.62. The molecule has 4 heteroatoms. The minimum Gasteiger partial charge on any atom is -0.457 e. The predicted octanol–water partition coefficient (Wildman–Crippen LogP) is 5.05. The summed E-state index contributed by atoms with van der Waals surface area (Å²) in [7, 11) is 0. The Kier molecular flexibility index (Phi) is 5.31. The van der Waals surface area contributed by atoms with Crippen molar-refractivity contribution in [2.75, 3.05) is 5.32 Å². The maximum atomic E-state index is 12.4. The van der Waals surface area contributed by atoms with Gasteiger partial charge in [-0.1, -0.05) is 55.5 Å². The van der Waals surface area contributed by atoms with Crippen molar-refractivity contribution in [3.63, 3.8) is 0 Å². The van der Waals surface area contributed by atoms with Crippen molar-refractivity contribution in [1.29, 1.82) is 5.26 Å². The van der Waals surface area contributed by atoms with Crippen LogP contribution in [-0.4, -0.2) is 5.91 Å². The number of anilines is 1. The molecule has 0 fully saturated rings. The number of nitriles is 1. The van der Waals surface area contributed by atoms with Crippen LogP contribution in [-0.2, 0) is 11.2 Å². The first kappa shape index (κ1) is 17.2. The molecule has 0 aliphatic carbocycles. The monoisotopic (exact) mass is 342 g/mol. The molecule has 1 aromatic heterocycles. The van der Waals surface area contributed by atoms with E-state index in [2.05, 4.69) is 5.32 Å². The van der Waals surface area contributed by atoms with Gasteiger partial charge < -0.3 is 9.73 Å². The number of carbonyl (C=O) groups excluding carboxylic acids is 1. The Morgan fingerprint density at radius 2 is 1.81 bits per heavy atom. The topological polar surface area (TPSA) is 66.0 Å². The largest absolute Gasteiger partial charge is 0.457 e. The molecule has 0 radical (unpaired) electrons. The van der Waals surface area contributed by atoms with Crippen LogP contribution in [0.1, 0.15) is 18.2 Å². The second-order valence-electron chi connectivity index (χ2n) is 5.70. The number of furan rings is 1. The number of rotatable bonds is 5. The van der Waals surface area contributed by atoms with Gasteiger partial charge in [0.25, 0.3) is 5.91 Å². The summed E-state index contributed by atoms with van der Waals surface area (Å²) in [5.41, 5.74) is 2.66. The van der Waals surface area contributed by atoms with Crippen LogP contribution < -0.4 is 5.32 Å². The van der Waals surface area contributed by atoms with Crippen LogP contribution in [0, 0.1) is 11.3 Å². The number of para-hydroxylation sites is 1. The minimum absolute atomic E-state index is 0.00938. The molecule has 3 rings (SSSR count). The Morgan fingerprint density at radius 1 is 1.08 bits per heavy atom. The molecule has 3 aromatic rings. The van der Waals surface area contributed by atoms with Gasteiger partial charge in [0.1, 0.15) is 23.2 Å². The SMILES string of the molecule is CCc1ccccc1NC(=O)/C(C#N)=C/c1ccc(-c2ccccc2)o1. The Labute approximate surface area is 152 Å². The van der Waals surface area contributed by atoms with Crippen molar-refractivity contribution in [1.82, 2.24) is 0 Å². The van der Waals surface area contributed by atoms with Gasteiger partial charge in [-0.2, -0.15) is 5.26 Å². The first-order chi connectivity index (χ1) is 12.7. The van der Waals surface area contributed by atoms with E-state index in [9.17, 15) is 10.1 Å². The van der Waals surface area contributed by atoms with Gasteiger partial charge in [-0.05, 0) is 30.2 Å². The molecule has 1 amide bonds. The van der Waals surface area contributed by atoms with Gasteiger partial charge in [-0.15, -0.1) is 0 Å². The van der Waals surface area contributed by atoms with E-state index in [1.165, 1.54) is 6.08 Å². The number of aryl methyl sites for hydroxylation is 1. The molecule has 0 spiro atoms. The molecule has 0 atom stereocenters. The van der Waals surface area contributed by atoms with E-state index in [1.807, 2.05) is 73.7 Å². The van der Waals surface area contributed by atoms with E-state index >= 15 is 0 Å². The molecular weight excluding hydrogens is 324 g/mol. The Bertz CT molecular complexity index is 979. The number of carbonyl (C=O) groups is 1. The summed E-state index contributed by atoms with van der Waals surface area (Å²) in [6.07, 6.45) is 2.25. The molecule has 128 valence electrons. The summed E-state index contributed by atoms with van der Waals surface area (Å²) < 4.78 is 5.74. The number of amides is 1. The highest BCUT2D eigenvalue weighted by molar-refractivity contribution is 6.09. The van der Waals surface area contributed by atoms with Crippen LogP contribution in [0.5, 0.6) is 0 Å². The normalized spacial score (nSPS) is 11.0. The summed E-state index contributed by atoms with van der Waals surface area (Å²) in [4.78, 5) is 12.4. The lowest BCUT2D eigenvalue weighted by Crippen LogP contribution is -2.14. The third-order valence-corrected chi connectivity index (χ3v) is 3.98. The lowest BCUT2D eigenvalue weighted by atomic mass is 10.1. The van der Waals surface area contributed by atoms with E-state index < -0.39 is 5.91 Å². The van der Waals surface area contributed by atoms with E-state index in [-0.39, 0.29) is 5.57 Å². The Morgan fingerprint density at radius 3 is 2.54 bits per heavy atom. The number of benzene rings is 2. The van der Waals surface area contributed by atoms with Gasteiger partial charge in [0.05, 0.1) is 0 Å². The second kappa shape index (κ2) is 8.00. The Hall–Kier alpha value is -3.58. The highest BCUT2D eigenvalue weighted by Crippen LogP contribution is 2.23. The first-order valence-corrected chi connectivity index (χ1v) is 8.37. The zero-order chi connectivity index (χ0) is 18.4. The highest BCUT2D eigenvalue weighted by Gasteiger charge is 2.12. The van der Waals surface area contributed by atoms with Gasteiger partial charge in [0, 0.05) is 17.3 Å². The lowest BCUT2D eigenvalue weighted by molar-refractivity contribution is -0.112. The second-order valence-corrected chi connectivity index (χ2v) is 5.70. The molecule has 0 bridgehead atoms. The number of nitrogens with zero attached hydrogens (tertiary/aromatic N) is 1. The molecule has 1 N–H and O–H groups in total. The molecule has 0 unspecified atom stereocenters. The van der Waals surface area contributed by atoms with E-state index in [0.29, 0.717) is 17.2 Å². The van der Waals surface area contributed by atoms with Gasteiger partial charge in [-0.25, -0.2) is 0 Å². The first-order valence-electron chi connectivity index (χ1n) is 8.37. The zero-order valence-electron chi connectivity index (χ0n) is 14.4. The molecule has 0 saturated carbocycles. The van der Waals surface area contributed by atoms with Crippen molar-refractivity contribution in [3.05, 3.63) is 83.6 Å². The molecule has 1 heterocycles. The van der Waals surface area contributed by atoms with Crippen LogP contribution in [0.25, 0.3) is 17.4 Å². The zero-order valence-corrected chi connectivity index (χ0v) is 14.4. The summed E-state index contributed by atoms with van der Waals surface area (Å²) in [5.74, 6) is 0.691. The summed E-state index contributed by atoms with van der Waals surface area (Å²) >= 11 is 0. The van der Waals surface area contributed by atoms with E-state index in [1.54, 1.807) is 6.07 Å². The van der Waals surface area contributed by atoms with Crippen molar-refractivity contribution < 1.29 is 9.21 Å². The standard InChI is InChI=1S/C22H18N2O2/c1-2-16-8-6-7-11-20(16)24-22(25)18(15-23)14-19-12-13-21(26-19)17-9-4-3-5-10-17/h3-14H,2H2,1H3,(H,24,25)/b18-14+. The van der Waals surface area contributed by atoms with Crippen LogP contribution in [0.15, 0.2) is 76.7 Å². The minimum atomic E-state index is -0.453. The van der Waals surface area contributed by atoms with Gasteiger partial charge >= 0.3 is 0 Å². The van der Waals surface area contributed by atoms with Crippen LogP contribution >= 0.6 is 0 Å². The van der Waals surface area contributed by atoms with Crippen LogP contribution in [0.4, 0.5) is 5.69 Å². The molecule has 26 heavy (non-hydrogen) atoms. The fraction of sp³-hybridized carbons (Fsp3) is 0.0909. The average molecular weight is 342 g/mol. The molecular formula is C22H18N2O2. The summed E-state index contributed by atoms with van der Waals surface area (Å²) in [5, 5.41) is 12.2. The maximum Gasteiger partial charge on any atom is 0.266 e. The third-order valence-electron chi connectivity index (χ3n) is 3.98. The van der Waals surface area contributed by atoms with Gasteiger partial charge in [-0.3, -0.25) is 4.79 Å².